The largest absolute Gasteiger partial charge is 0.486 e. The van der Waals surface area contributed by atoms with E-state index in [9.17, 15) is 4.79 Å². The van der Waals surface area contributed by atoms with E-state index in [1.54, 1.807) is 18.2 Å². The highest BCUT2D eigenvalue weighted by Gasteiger charge is 2.16. The number of Topliss-reactive ketones (excluding diaryl/α,β-unsaturated/α-hetero) is 1. The Bertz CT molecular complexity index is 694. The monoisotopic (exact) mass is 302 g/mol. The van der Waals surface area contributed by atoms with E-state index in [4.69, 9.17) is 21.1 Å². The van der Waals surface area contributed by atoms with Crippen molar-refractivity contribution in [3.8, 4) is 11.5 Å². The van der Waals surface area contributed by atoms with Gasteiger partial charge in [0, 0.05) is 17.0 Å². The summed E-state index contributed by atoms with van der Waals surface area (Å²) in [4.78, 5) is 12.4. The lowest BCUT2D eigenvalue weighted by Crippen LogP contribution is -2.16. The van der Waals surface area contributed by atoms with Crippen molar-refractivity contribution in [1.29, 1.82) is 0 Å². The van der Waals surface area contributed by atoms with Crippen LogP contribution in [0.2, 0.25) is 5.02 Å². The number of carbonyl (C=O) groups excluding carboxylic acids is 1. The topological polar surface area (TPSA) is 35.5 Å². The molecule has 0 fully saturated rings. The average molecular weight is 303 g/mol. The fraction of sp³-hybridized carbons (Fsp3) is 0.235. The third-order valence-electron chi connectivity index (χ3n) is 3.42. The molecule has 3 rings (SSSR count). The Kier molecular flexibility index (Phi) is 3.84. The van der Waals surface area contributed by atoms with Crippen molar-refractivity contribution < 1.29 is 14.3 Å². The van der Waals surface area contributed by atoms with E-state index in [-0.39, 0.29) is 12.2 Å². The van der Waals surface area contributed by atoms with Crippen LogP contribution in [0.4, 0.5) is 0 Å². The molecule has 0 radical (unpaired) electrons. The van der Waals surface area contributed by atoms with Crippen molar-refractivity contribution in [2.45, 2.75) is 13.3 Å². The van der Waals surface area contributed by atoms with E-state index in [0.717, 1.165) is 11.1 Å². The molecular formula is C17H15ClO3. The lowest BCUT2D eigenvalue weighted by atomic mass is 10.0. The van der Waals surface area contributed by atoms with Gasteiger partial charge in [0.25, 0.3) is 0 Å². The van der Waals surface area contributed by atoms with Crippen LogP contribution in [0.5, 0.6) is 11.5 Å². The minimum atomic E-state index is 0.0118. The lowest BCUT2D eigenvalue weighted by molar-refractivity contribution is 0.0991. The molecule has 0 N–H and O–H groups in total. The number of hydrogen-bond donors (Lipinski definition) is 0. The van der Waals surface area contributed by atoms with Crippen LogP contribution in [0, 0.1) is 6.92 Å². The van der Waals surface area contributed by atoms with E-state index in [1.807, 2.05) is 25.1 Å². The number of fused-ring (bicyclic) bond motifs is 1. The molecule has 2 aromatic carbocycles. The summed E-state index contributed by atoms with van der Waals surface area (Å²) in [5.41, 5.74) is 2.52. The Morgan fingerprint density at radius 3 is 2.62 bits per heavy atom. The summed E-state index contributed by atoms with van der Waals surface area (Å²) >= 11 is 6.18. The van der Waals surface area contributed by atoms with Crippen LogP contribution < -0.4 is 9.47 Å². The third kappa shape index (κ3) is 3.03. The maximum Gasteiger partial charge on any atom is 0.167 e. The Balaban J connectivity index is 1.82. The third-order valence-corrected chi connectivity index (χ3v) is 3.78. The van der Waals surface area contributed by atoms with E-state index >= 15 is 0 Å². The Hall–Kier alpha value is -2.00. The molecule has 2 aromatic rings. The molecule has 21 heavy (non-hydrogen) atoms. The van der Waals surface area contributed by atoms with Crippen molar-refractivity contribution in [3.05, 3.63) is 58.1 Å². The summed E-state index contributed by atoms with van der Waals surface area (Å²) in [6.07, 6.45) is 0.277. The normalized spacial score (nSPS) is 13.0. The van der Waals surface area contributed by atoms with Gasteiger partial charge < -0.3 is 9.47 Å². The van der Waals surface area contributed by atoms with Crippen molar-refractivity contribution in [3.63, 3.8) is 0 Å². The molecule has 108 valence electrons. The number of carbonyl (C=O) groups is 1. The average Bonchev–Trinajstić information content (AvgIpc) is 2.49. The molecule has 0 unspecified atom stereocenters. The van der Waals surface area contributed by atoms with Crippen LogP contribution in [0.3, 0.4) is 0 Å². The summed E-state index contributed by atoms with van der Waals surface area (Å²) in [7, 11) is 0. The molecule has 4 heteroatoms. The highest BCUT2D eigenvalue weighted by Crippen LogP contribution is 2.31. The minimum absolute atomic E-state index is 0.0118. The number of rotatable bonds is 3. The van der Waals surface area contributed by atoms with Gasteiger partial charge in [0.2, 0.25) is 0 Å². The summed E-state index contributed by atoms with van der Waals surface area (Å²) in [6, 6.07) is 11.0. The van der Waals surface area contributed by atoms with E-state index < -0.39 is 0 Å². The van der Waals surface area contributed by atoms with Crippen LogP contribution in [0.25, 0.3) is 0 Å². The van der Waals surface area contributed by atoms with Crippen LogP contribution in [0.1, 0.15) is 21.5 Å². The molecule has 1 aliphatic heterocycles. The molecule has 3 nitrogen and oxygen atoms in total. The molecule has 1 aliphatic rings. The zero-order chi connectivity index (χ0) is 14.8. The van der Waals surface area contributed by atoms with Crippen molar-refractivity contribution in [2.24, 2.45) is 0 Å². The molecule has 0 saturated heterocycles. The van der Waals surface area contributed by atoms with Gasteiger partial charge in [-0.1, -0.05) is 23.7 Å². The summed E-state index contributed by atoms with van der Waals surface area (Å²) in [5, 5.41) is 0.626. The van der Waals surface area contributed by atoms with Gasteiger partial charge in [-0.3, -0.25) is 4.79 Å². The van der Waals surface area contributed by atoms with E-state index in [2.05, 4.69) is 0 Å². The number of halogens is 1. The molecular weight excluding hydrogens is 288 g/mol. The second kappa shape index (κ2) is 5.78. The predicted octanol–water partition coefficient (Wildman–Crippen LogP) is 3.85. The number of benzene rings is 2. The first-order chi connectivity index (χ1) is 10.1. The predicted molar refractivity (Wildman–Crippen MR) is 81.7 cm³/mol. The maximum atomic E-state index is 12.4. The lowest BCUT2D eigenvalue weighted by Gasteiger charge is -2.18. The highest BCUT2D eigenvalue weighted by molar-refractivity contribution is 6.31. The first-order valence-electron chi connectivity index (χ1n) is 6.81. The smallest absolute Gasteiger partial charge is 0.167 e. The van der Waals surface area contributed by atoms with E-state index in [0.29, 0.717) is 35.3 Å². The first-order valence-corrected chi connectivity index (χ1v) is 7.19. The standard InChI is InChI=1S/C17H15ClO3/c1-11-2-3-12(14(18)8-11)9-15(19)13-4-5-16-17(10-13)21-7-6-20-16/h2-5,8,10H,6-7,9H2,1H3. The Morgan fingerprint density at radius 1 is 1.10 bits per heavy atom. The molecule has 0 saturated carbocycles. The second-order valence-corrected chi connectivity index (χ2v) is 5.46. The Morgan fingerprint density at radius 2 is 1.86 bits per heavy atom. The fourth-order valence-corrected chi connectivity index (χ4v) is 2.59. The SMILES string of the molecule is Cc1ccc(CC(=O)c2ccc3c(c2)OCCO3)c(Cl)c1. The van der Waals surface area contributed by atoms with Crippen LogP contribution in [-0.2, 0) is 6.42 Å². The minimum Gasteiger partial charge on any atom is -0.486 e. The number of ketones is 1. The van der Waals surface area contributed by atoms with Crippen LogP contribution in [-0.4, -0.2) is 19.0 Å². The Labute approximate surface area is 128 Å². The van der Waals surface area contributed by atoms with Crippen molar-refractivity contribution in [2.75, 3.05) is 13.2 Å². The van der Waals surface area contributed by atoms with Gasteiger partial charge in [0.05, 0.1) is 0 Å². The van der Waals surface area contributed by atoms with Gasteiger partial charge in [-0.05, 0) is 42.3 Å². The first kappa shape index (κ1) is 14.0. The zero-order valence-electron chi connectivity index (χ0n) is 11.7. The molecule has 0 aromatic heterocycles. The highest BCUT2D eigenvalue weighted by atomic mass is 35.5. The number of ether oxygens (including phenoxy) is 2. The molecule has 0 bridgehead atoms. The summed E-state index contributed by atoms with van der Waals surface area (Å²) < 4.78 is 11.0. The fourth-order valence-electron chi connectivity index (χ4n) is 2.29. The number of hydrogen-bond acceptors (Lipinski definition) is 3. The zero-order valence-corrected chi connectivity index (χ0v) is 12.4. The van der Waals surface area contributed by atoms with Gasteiger partial charge in [-0.2, -0.15) is 0 Å². The van der Waals surface area contributed by atoms with Gasteiger partial charge in [-0.15, -0.1) is 0 Å². The molecule has 0 spiro atoms. The van der Waals surface area contributed by atoms with Crippen molar-refractivity contribution in [1.82, 2.24) is 0 Å². The quantitative estimate of drug-likeness (QED) is 0.808. The molecule has 0 aliphatic carbocycles. The molecule has 1 heterocycles. The van der Waals surface area contributed by atoms with Crippen molar-refractivity contribution >= 4 is 17.4 Å². The number of aryl methyl sites for hydroxylation is 1. The van der Waals surface area contributed by atoms with Gasteiger partial charge >= 0.3 is 0 Å². The molecule has 0 amide bonds. The van der Waals surface area contributed by atoms with Crippen LogP contribution >= 0.6 is 11.6 Å². The summed E-state index contributed by atoms with van der Waals surface area (Å²) in [6.45, 7) is 3.02. The molecule has 0 atom stereocenters. The second-order valence-electron chi connectivity index (χ2n) is 5.05. The van der Waals surface area contributed by atoms with Crippen LogP contribution in [0.15, 0.2) is 36.4 Å². The maximum absolute atomic E-state index is 12.4. The van der Waals surface area contributed by atoms with Gasteiger partial charge in [-0.25, -0.2) is 0 Å². The van der Waals surface area contributed by atoms with Gasteiger partial charge in [0.15, 0.2) is 17.3 Å². The van der Waals surface area contributed by atoms with Gasteiger partial charge in [0.1, 0.15) is 13.2 Å². The van der Waals surface area contributed by atoms with E-state index in [1.165, 1.54) is 0 Å². The summed E-state index contributed by atoms with van der Waals surface area (Å²) in [5.74, 6) is 1.32.